The van der Waals surface area contributed by atoms with Gasteiger partial charge in [-0.1, -0.05) is 6.92 Å². The Bertz CT molecular complexity index is 86.9. The molecule has 56 valence electrons. The molecule has 0 spiro atoms. The van der Waals surface area contributed by atoms with E-state index in [0.29, 0.717) is 0 Å². The number of rotatable bonds is 3. The third kappa shape index (κ3) is 1.87. The lowest BCUT2D eigenvalue weighted by Crippen LogP contribution is -2.20. The first-order chi connectivity index (χ1) is 4.25. The highest BCUT2D eigenvalue weighted by Crippen LogP contribution is 2.36. The molecule has 0 bridgehead atoms. The van der Waals surface area contributed by atoms with Gasteiger partial charge >= 0.3 is 0 Å². The first kappa shape index (κ1) is 7.42. The third-order valence-corrected chi connectivity index (χ3v) is 3.44. The zero-order valence-electron chi connectivity index (χ0n) is 6.59. The molecule has 0 radical (unpaired) electrons. The lowest BCUT2D eigenvalue weighted by molar-refractivity contribution is 0.485. The molecule has 1 aliphatic rings. The van der Waals surface area contributed by atoms with Crippen LogP contribution in [-0.2, 0) is 0 Å². The van der Waals surface area contributed by atoms with Crippen molar-refractivity contribution in [2.24, 2.45) is 0 Å². The van der Waals surface area contributed by atoms with E-state index < -0.39 is 0 Å². The lowest BCUT2D eigenvalue weighted by Gasteiger charge is -2.27. The van der Waals surface area contributed by atoms with Crippen LogP contribution in [0.3, 0.4) is 0 Å². The van der Waals surface area contributed by atoms with Crippen molar-refractivity contribution >= 4 is 11.1 Å². The molecule has 0 N–H and O–H groups in total. The standard InChI is InChI=1S/C7H17NS/c1-4-8(9(2)3)7-5-6-7/h7,9H,4-6H2,1-3H3. The summed E-state index contributed by atoms with van der Waals surface area (Å²) in [6.45, 7) is 3.52. The topological polar surface area (TPSA) is 3.24 Å². The van der Waals surface area contributed by atoms with Crippen molar-refractivity contribution in [2.75, 3.05) is 19.1 Å². The molecule has 0 aromatic carbocycles. The first-order valence-electron chi connectivity index (χ1n) is 3.69. The zero-order chi connectivity index (χ0) is 6.85. The van der Waals surface area contributed by atoms with E-state index in [2.05, 4.69) is 23.7 Å². The Labute approximate surface area is 60.9 Å². The molecule has 0 aliphatic heterocycles. The van der Waals surface area contributed by atoms with Gasteiger partial charge in [-0.05, 0) is 25.4 Å². The van der Waals surface area contributed by atoms with Crippen molar-refractivity contribution in [2.45, 2.75) is 25.8 Å². The molecule has 0 heterocycles. The monoisotopic (exact) mass is 147 g/mol. The van der Waals surface area contributed by atoms with E-state index >= 15 is 0 Å². The number of nitrogens with zero attached hydrogens (tertiary/aromatic N) is 1. The first-order valence-corrected chi connectivity index (χ1v) is 5.88. The summed E-state index contributed by atoms with van der Waals surface area (Å²) in [5.74, 6) is 0. The molecule has 0 aromatic heterocycles. The van der Waals surface area contributed by atoms with E-state index in [-0.39, 0.29) is 11.1 Å². The second kappa shape index (κ2) is 2.93. The van der Waals surface area contributed by atoms with Crippen LogP contribution in [-0.4, -0.2) is 29.4 Å². The van der Waals surface area contributed by atoms with Gasteiger partial charge in [-0.3, -0.25) is 4.31 Å². The highest BCUT2D eigenvalue weighted by Gasteiger charge is 2.28. The smallest absolute Gasteiger partial charge is 0.0185 e. The minimum Gasteiger partial charge on any atom is -0.268 e. The Balaban J connectivity index is 2.28. The van der Waals surface area contributed by atoms with Crippen LogP contribution in [0.4, 0.5) is 0 Å². The van der Waals surface area contributed by atoms with Crippen LogP contribution in [0.15, 0.2) is 0 Å². The number of thiol groups is 1. The van der Waals surface area contributed by atoms with Crippen LogP contribution in [0.1, 0.15) is 19.8 Å². The fourth-order valence-electron chi connectivity index (χ4n) is 1.24. The molecule has 0 atom stereocenters. The molecule has 0 unspecified atom stereocenters. The SMILES string of the molecule is CCN(C1CC1)[SH](C)C. The van der Waals surface area contributed by atoms with E-state index in [9.17, 15) is 0 Å². The summed E-state index contributed by atoms with van der Waals surface area (Å²) >= 11 is 0.192. The minimum atomic E-state index is 0.192. The van der Waals surface area contributed by atoms with Crippen molar-refractivity contribution < 1.29 is 0 Å². The molecule has 9 heavy (non-hydrogen) atoms. The van der Waals surface area contributed by atoms with Gasteiger partial charge in [-0.25, -0.2) is 11.1 Å². The second-order valence-corrected chi connectivity index (χ2v) is 5.04. The molecule has 1 nitrogen and oxygen atoms in total. The summed E-state index contributed by atoms with van der Waals surface area (Å²) in [5, 5.41) is 0. The van der Waals surface area contributed by atoms with Crippen molar-refractivity contribution in [3.05, 3.63) is 0 Å². The predicted molar refractivity (Wildman–Crippen MR) is 46.2 cm³/mol. The van der Waals surface area contributed by atoms with Gasteiger partial charge in [0, 0.05) is 12.6 Å². The van der Waals surface area contributed by atoms with Gasteiger partial charge in [-0.15, -0.1) is 0 Å². The van der Waals surface area contributed by atoms with Crippen LogP contribution in [0.2, 0.25) is 0 Å². The quantitative estimate of drug-likeness (QED) is 0.594. The van der Waals surface area contributed by atoms with Gasteiger partial charge in [0.2, 0.25) is 0 Å². The summed E-state index contributed by atoms with van der Waals surface area (Å²) in [4.78, 5) is 0. The summed E-state index contributed by atoms with van der Waals surface area (Å²) in [6.07, 6.45) is 7.59. The molecule has 2 heteroatoms. The molecular weight excluding hydrogens is 130 g/mol. The largest absolute Gasteiger partial charge is 0.268 e. The maximum atomic E-state index is 2.63. The maximum absolute atomic E-state index is 2.63. The molecule has 1 fully saturated rings. The summed E-state index contributed by atoms with van der Waals surface area (Å²) < 4.78 is 2.63. The Hall–Kier alpha value is 0.310. The van der Waals surface area contributed by atoms with E-state index in [0.717, 1.165) is 6.04 Å². The highest BCUT2D eigenvalue weighted by molar-refractivity contribution is 8.13. The Kier molecular flexibility index (Phi) is 2.42. The molecule has 0 amide bonds. The van der Waals surface area contributed by atoms with Crippen molar-refractivity contribution in [1.29, 1.82) is 0 Å². The van der Waals surface area contributed by atoms with Crippen LogP contribution >= 0.6 is 11.1 Å². The second-order valence-electron chi connectivity index (χ2n) is 2.83. The number of hydrogen-bond acceptors (Lipinski definition) is 1. The van der Waals surface area contributed by atoms with Crippen LogP contribution < -0.4 is 0 Å². The van der Waals surface area contributed by atoms with Crippen molar-refractivity contribution in [1.82, 2.24) is 4.31 Å². The van der Waals surface area contributed by atoms with Crippen LogP contribution in [0.25, 0.3) is 0 Å². The van der Waals surface area contributed by atoms with Gasteiger partial charge in [0.15, 0.2) is 0 Å². The lowest BCUT2D eigenvalue weighted by atomic mass is 10.6. The Morgan fingerprint density at radius 3 is 2.11 bits per heavy atom. The highest BCUT2D eigenvalue weighted by atomic mass is 32.2. The third-order valence-electron chi connectivity index (χ3n) is 1.81. The maximum Gasteiger partial charge on any atom is 0.0185 e. The van der Waals surface area contributed by atoms with Gasteiger partial charge in [0.25, 0.3) is 0 Å². The van der Waals surface area contributed by atoms with Gasteiger partial charge in [0.1, 0.15) is 0 Å². The fraction of sp³-hybridized carbons (Fsp3) is 1.00. The molecular formula is C7H17NS. The van der Waals surface area contributed by atoms with E-state index in [1.54, 1.807) is 0 Å². The molecule has 1 rings (SSSR count). The van der Waals surface area contributed by atoms with Crippen molar-refractivity contribution in [3.63, 3.8) is 0 Å². The Morgan fingerprint density at radius 2 is 2.00 bits per heavy atom. The molecule has 1 saturated carbocycles. The Morgan fingerprint density at radius 1 is 1.44 bits per heavy atom. The average molecular weight is 147 g/mol. The molecule has 0 aromatic rings. The summed E-state index contributed by atoms with van der Waals surface area (Å²) in [5.41, 5.74) is 0. The predicted octanol–water partition coefficient (Wildman–Crippen LogP) is 1.65. The van der Waals surface area contributed by atoms with Crippen LogP contribution in [0.5, 0.6) is 0 Å². The van der Waals surface area contributed by atoms with Crippen molar-refractivity contribution in [3.8, 4) is 0 Å². The molecule has 1 aliphatic carbocycles. The van der Waals surface area contributed by atoms with E-state index in [4.69, 9.17) is 0 Å². The van der Waals surface area contributed by atoms with E-state index in [1.165, 1.54) is 19.4 Å². The zero-order valence-corrected chi connectivity index (χ0v) is 7.49. The number of hydrogen-bond donors (Lipinski definition) is 1. The molecule has 0 saturated heterocycles. The average Bonchev–Trinajstić information content (AvgIpc) is 2.50. The van der Waals surface area contributed by atoms with E-state index in [1.807, 2.05) is 0 Å². The van der Waals surface area contributed by atoms with Crippen LogP contribution in [0, 0.1) is 0 Å². The summed E-state index contributed by atoms with van der Waals surface area (Å²) in [6, 6.07) is 0.969. The fourth-order valence-corrected chi connectivity index (χ4v) is 2.69. The van der Waals surface area contributed by atoms with Gasteiger partial charge in [-0.2, -0.15) is 0 Å². The minimum absolute atomic E-state index is 0.192. The normalized spacial score (nSPS) is 20.7. The summed E-state index contributed by atoms with van der Waals surface area (Å²) in [7, 11) is 0. The van der Waals surface area contributed by atoms with Gasteiger partial charge < -0.3 is 0 Å². The van der Waals surface area contributed by atoms with Gasteiger partial charge in [0.05, 0.1) is 0 Å².